The second kappa shape index (κ2) is 21.7. The SMILES string of the molecule is CC(C)(C)c1cc(-c2ccccc2)c(N2c3cc(-c4c5ccccc5c(-c5cc(-c6ccccc6)ccc5-c5ccccc5)c5ccccc45)ccc3B3c4ccc(-n5c6ccccc6c6ccccc65)cc4Sc4cc(C(C)(C)C)cc2c43)c(-c2ccccc2)c1. The Morgan fingerprint density at radius 1 is 0.304 bits per heavy atom. The van der Waals surface area contributed by atoms with Gasteiger partial charge in [-0.15, -0.1) is 0 Å². The lowest BCUT2D eigenvalue weighted by molar-refractivity contribution is 0.589. The topological polar surface area (TPSA) is 8.17 Å². The van der Waals surface area contributed by atoms with Crippen LogP contribution in [0.3, 0.4) is 0 Å². The van der Waals surface area contributed by atoms with Gasteiger partial charge >= 0.3 is 0 Å². The quantitative estimate of drug-likeness (QED) is 0.111. The van der Waals surface area contributed by atoms with E-state index in [9.17, 15) is 0 Å². The third-order valence-corrected chi connectivity index (χ3v) is 20.7. The molecule has 0 saturated heterocycles. The number of hydrogen-bond donors (Lipinski definition) is 0. The van der Waals surface area contributed by atoms with Gasteiger partial charge in [-0.3, -0.25) is 0 Å². The van der Waals surface area contributed by atoms with Gasteiger partial charge in [-0.1, -0.05) is 295 Å². The molecular formula is C88H67BN2S. The summed E-state index contributed by atoms with van der Waals surface area (Å²) in [6.45, 7) is 14.1. The molecular weight excluding hydrogens is 1130 g/mol. The number of fused-ring (bicyclic) bond motifs is 9. The van der Waals surface area contributed by atoms with Gasteiger partial charge in [0.1, 0.15) is 0 Å². The van der Waals surface area contributed by atoms with Crippen LogP contribution in [-0.2, 0) is 10.8 Å². The second-order valence-corrected chi connectivity index (χ2v) is 28.2. The zero-order chi connectivity index (χ0) is 62.0. The molecule has 0 spiro atoms. The lowest BCUT2D eigenvalue weighted by Gasteiger charge is -2.43. The normalized spacial score (nSPS) is 12.8. The molecule has 0 radical (unpaired) electrons. The van der Waals surface area contributed by atoms with Crippen molar-refractivity contribution in [2.75, 3.05) is 4.90 Å². The summed E-state index contributed by atoms with van der Waals surface area (Å²) in [5, 5.41) is 7.39. The predicted molar refractivity (Wildman–Crippen MR) is 396 cm³/mol. The Hall–Kier alpha value is -10.4. The van der Waals surface area contributed by atoms with Crippen LogP contribution < -0.4 is 21.3 Å². The molecule has 3 heterocycles. The maximum absolute atomic E-state index is 2.72. The summed E-state index contributed by atoms with van der Waals surface area (Å²) < 4.78 is 2.47. The van der Waals surface area contributed by atoms with Crippen LogP contribution in [0, 0.1) is 0 Å². The molecule has 0 fully saturated rings. The Morgan fingerprint density at radius 2 is 0.761 bits per heavy atom. The molecule has 0 saturated carbocycles. The summed E-state index contributed by atoms with van der Waals surface area (Å²) in [4.78, 5) is 5.31. The zero-order valence-corrected chi connectivity index (χ0v) is 53.5. The fourth-order valence-electron chi connectivity index (χ4n) is 15.0. The molecule has 1 aromatic heterocycles. The second-order valence-electron chi connectivity index (χ2n) is 27.1. The number of anilines is 3. The van der Waals surface area contributed by atoms with E-state index in [1.54, 1.807) is 0 Å². The molecule has 92 heavy (non-hydrogen) atoms. The highest BCUT2D eigenvalue weighted by atomic mass is 32.2. The number of aromatic nitrogens is 1. The zero-order valence-electron chi connectivity index (χ0n) is 52.7. The fourth-order valence-corrected chi connectivity index (χ4v) is 16.3. The summed E-state index contributed by atoms with van der Waals surface area (Å²) >= 11 is 1.94. The molecule has 2 aliphatic heterocycles. The van der Waals surface area contributed by atoms with Crippen molar-refractivity contribution < 1.29 is 0 Å². The number of hydrogen-bond acceptors (Lipinski definition) is 2. The standard InChI is InChI=1S/C88H67BN2S/c1-87(2,3)62-51-72(58-31-15-9-16-32-58)86(73(52-62)59-33-17-10-18-34-59)91-79-50-61(83-68-37-19-21-39-70(68)84(71-40-22-20-38-69(71)83)74-49-60(56-27-11-7-12-28-56)43-46-65(74)57-29-13-8-14-30-57)44-47-75(79)89-76-48-45-64(90-77-41-25-23-35-66(77)67-36-24-26-42-78(67)90)55-81(76)92-82-54-63(88(4,5)6)53-80(91)85(82)89/h7-55H,1-6H3. The minimum Gasteiger partial charge on any atom is -0.310 e. The van der Waals surface area contributed by atoms with Crippen LogP contribution in [0.1, 0.15) is 52.7 Å². The minimum absolute atomic E-state index is 0.0730. The Labute approximate surface area is 544 Å². The Kier molecular flexibility index (Phi) is 13.1. The van der Waals surface area contributed by atoms with Crippen LogP contribution in [0.25, 0.3) is 116 Å². The minimum atomic E-state index is -0.179. The van der Waals surface area contributed by atoms with E-state index in [2.05, 4.69) is 348 Å². The fraction of sp³-hybridized carbons (Fsp3) is 0.0909. The molecule has 438 valence electrons. The highest BCUT2D eigenvalue weighted by Gasteiger charge is 2.44. The summed E-state index contributed by atoms with van der Waals surface area (Å²) in [6, 6.07) is 112. The van der Waals surface area contributed by atoms with E-state index >= 15 is 0 Å². The van der Waals surface area contributed by atoms with Gasteiger partial charge in [-0.25, -0.2) is 0 Å². The van der Waals surface area contributed by atoms with Gasteiger partial charge in [0.25, 0.3) is 0 Å². The first-order valence-electron chi connectivity index (χ1n) is 32.3. The monoisotopic (exact) mass is 1190 g/mol. The molecule has 2 nitrogen and oxygen atoms in total. The van der Waals surface area contributed by atoms with E-state index in [1.165, 1.54) is 170 Å². The lowest BCUT2D eigenvalue weighted by Crippen LogP contribution is -2.60. The van der Waals surface area contributed by atoms with Crippen molar-refractivity contribution in [2.45, 2.75) is 62.2 Å². The van der Waals surface area contributed by atoms with Crippen molar-refractivity contribution >= 4 is 95.3 Å². The summed E-state index contributed by atoms with van der Waals surface area (Å²) in [7, 11) is 0. The highest BCUT2D eigenvalue weighted by molar-refractivity contribution is 8.00. The first-order valence-corrected chi connectivity index (χ1v) is 33.2. The van der Waals surface area contributed by atoms with E-state index in [0.717, 1.165) is 0 Å². The van der Waals surface area contributed by atoms with Crippen LogP contribution in [0.2, 0.25) is 0 Å². The van der Waals surface area contributed by atoms with E-state index in [-0.39, 0.29) is 17.5 Å². The predicted octanol–water partition coefficient (Wildman–Crippen LogP) is 22.5. The van der Waals surface area contributed by atoms with Gasteiger partial charge in [0.15, 0.2) is 0 Å². The average Bonchev–Trinajstić information content (AvgIpc) is 0.821. The molecule has 0 aliphatic carbocycles. The van der Waals surface area contributed by atoms with Gasteiger partial charge < -0.3 is 9.47 Å². The number of para-hydroxylation sites is 2. The van der Waals surface area contributed by atoms with Crippen LogP contribution in [0.4, 0.5) is 17.1 Å². The molecule has 0 unspecified atom stereocenters. The van der Waals surface area contributed by atoms with Crippen molar-refractivity contribution in [3.8, 4) is 72.4 Å². The molecule has 17 rings (SSSR count). The third kappa shape index (κ3) is 9.09. The maximum Gasteiger partial charge on any atom is 0.249 e. The molecule has 0 bridgehead atoms. The van der Waals surface area contributed by atoms with Gasteiger partial charge in [0.05, 0.1) is 16.7 Å². The smallest absolute Gasteiger partial charge is 0.249 e. The number of nitrogens with zero attached hydrogens (tertiary/aromatic N) is 2. The van der Waals surface area contributed by atoms with Crippen molar-refractivity contribution in [1.82, 2.24) is 4.57 Å². The number of benzene rings is 14. The Balaban J connectivity index is 0.975. The van der Waals surface area contributed by atoms with E-state index in [0.29, 0.717) is 0 Å². The van der Waals surface area contributed by atoms with Crippen molar-refractivity contribution in [3.63, 3.8) is 0 Å². The van der Waals surface area contributed by atoms with Gasteiger partial charge in [0, 0.05) is 48.8 Å². The first kappa shape index (κ1) is 55.7. The summed E-state index contributed by atoms with van der Waals surface area (Å²) in [6.07, 6.45) is 0. The van der Waals surface area contributed by atoms with Crippen molar-refractivity contribution in [1.29, 1.82) is 0 Å². The lowest BCUT2D eigenvalue weighted by atomic mass is 9.34. The molecule has 15 aromatic rings. The van der Waals surface area contributed by atoms with E-state index < -0.39 is 0 Å². The van der Waals surface area contributed by atoms with Crippen LogP contribution >= 0.6 is 11.8 Å². The van der Waals surface area contributed by atoms with Gasteiger partial charge in [0.2, 0.25) is 6.71 Å². The molecule has 0 amide bonds. The van der Waals surface area contributed by atoms with Gasteiger partial charge in [-0.05, 0) is 171 Å². The highest BCUT2D eigenvalue weighted by Crippen LogP contribution is 2.54. The molecule has 4 heteroatoms. The molecule has 2 aliphatic rings. The largest absolute Gasteiger partial charge is 0.310 e. The number of rotatable bonds is 8. The maximum atomic E-state index is 2.72. The third-order valence-electron chi connectivity index (χ3n) is 19.5. The summed E-state index contributed by atoms with van der Waals surface area (Å²) in [5.74, 6) is 0. The molecule has 14 aromatic carbocycles. The van der Waals surface area contributed by atoms with Crippen LogP contribution in [0.5, 0.6) is 0 Å². The van der Waals surface area contributed by atoms with Gasteiger partial charge in [-0.2, -0.15) is 0 Å². The van der Waals surface area contributed by atoms with Crippen molar-refractivity contribution in [3.05, 3.63) is 308 Å². The molecule has 0 atom stereocenters. The average molecular weight is 1200 g/mol. The summed E-state index contributed by atoms with van der Waals surface area (Å²) in [5.41, 5.74) is 27.8. The van der Waals surface area contributed by atoms with Crippen LogP contribution in [-0.4, -0.2) is 11.3 Å². The van der Waals surface area contributed by atoms with E-state index in [4.69, 9.17) is 0 Å². The Morgan fingerprint density at radius 3 is 1.30 bits per heavy atom. The van der Waals surface area contributed by atoms with E-state index in [1.807, 2.05) is 11.8 Å². The first-order chi connectivity index (χ1) is 44.9. The molecule has 0 N–H and O–H groups in total. The van der Waals surface area contributed by atoms with Crippen LogP contribution in [0.15, 0.2) is 307 Å². The van der Waals surface area contributed by atoms with Crippen molar-refractivity contribution in [2.24, 2.45) is 0 Å². The Bertz CT molecular complexity index is 5270.